The maximum atomic E-state index is 12.9. The van der Waals surface area contributed by atoms with E-state index in [0.29, 0.717) is 42.4 Å². The summed E-state index contributed by atoms with van der Waals surface area (Å²) in [6, 6.07) is 6.21. The second-order valence-corrected chi connectivity index (χ2v) is 9.32. The van der Waals surface area contributed by atoms with E-state index < -0.39 is 0 Å². The Morgan fingerprint density at radius 1 is 1.27 bits per heavy atom. The van der Waals surface area contributed by atoms with Crippen LogP contribution in [-0.2, 0) is 16.0 Å². The van der Waals surface area contributed by atoms with Crippen molar-refractivity contribution in [3.05, 3.63) is 46.1 Å². The second kappa shape index (κ2) is 9.44. The van der Waals surface area contributed by atoms with Gasteiger partial charge < -0.3 is 9.64 Å². The highest BCUT2D eigenvalue weighted by Crippen LogP contribution is 2.33. The van der Waals surface area contributed by atoms with Gasteiger partial charge in [-0.05, 0) is 51.8 Å². The van der Waals surface area contributed by atoms with Crippen molar-refractivity contribution < 1.29 is 14.3 Å². The van der Waals surface area contributed by atoms with Gasteiger partial charge in [0.1, 0.15) is 0 Å². The van der Waals surface area contributed by atoms with Gasteiger partial charge in [0, 0.05) is 48.4 Å². The zero-order chi connectivity index (χ0) is 23.7. The Hall–Kier alpha value is -3.04. The first-order valence-electron chi connectivity index (χ1n) is 11.0. The standard InChI is InChI=1S/C24H29N5O3S/c1-14(2)29-16(4)22(15(3)27-29)23(31)26-24-25-19(13-33-24)17-6-8-20-18(12-17)7-9-21(30)28(20)10-11-32-5/h6,8,12-14H,7,9-11H2,1-5H3,(H,25,26,31). The number of aryl methyl sites for hydroxylation is 2. The van der Waals surface area contributed by atoms with E-state index >= 15 is 0 Å². The molecule has 1 aliphatic heterocycles. The van der Waals surface area contributed by atoms with Gasteiger partial charge in [0.2, 0.25) is 5.91 Å². The molecule has 0 saturated heterocycles. The maximum Gasteiger partial charge on any atom is 0.261 e. The molecule has 1 N–H and O–H groups in total. The fourth-order valence-electron chi connectivity index (χ4n) is 4.26. The van der Waals surface area contributed by atoms with Crippen LogP contribution in [0.4, 0.5) is 10.8 Å². The average molecular weight is 468 g/mol. The molecule has 1 aliphatic rings. The lowest BCUT2D eigenvalue weighted by atomic mass is 9.98. The van der Waals surface area contributed by atoms with E-state index in [1.54, 1.807) is 12.0 Å². The number of ether oxygens (including phenoxy) is 1. The molecule has 0 radical (unpaired) electrons. The molecule has 3 heterocycles. The number of thiazole rings is 1. The Morgan fingerprint density at radius 2 is 2.06 bits per heavy atom. The van der Waals surface area contributed by atoms with Crippen molar-refractivity contribution in [3.63, 3.8) is 0 Å². The molecule has 2 amide bonds. The van der Waals surface area contributed by atoms with E-state index in [4.69, 9.17) is 4.74 Å². The van der Waals surface area contributed by atoms with E-state index in [-0.39, 0.29) is 17.9 Å². The van der Waals surface area contributed by atoms with Crippen molar-refractivity contribution >= 4 is 34.0 Å². The molecule has 9 heteroatoms. The number of anilines is 2. The fraction of sp³-hybridized carbons (Fsp3) is 0.417. The third-order valence-corrected chi connectivity index (χ3v) is 6.62. The maximum absolute atomic E-state index is 12.9. The molecule has 1 aromatic carbocycles. The van der Waals surface area contributed by atoms with Crippen molar-refractivity contribution in [1.29, 1.82) is 0 Å². The number of fused-ring (bicyclic) bond motifs is 1. The van der Waals surface area contributed by atoms with Gasteiger partial charge in [0.15, 0.2) is 5.13 Å². The molecule has 8 nitrogen and oxygen atoms in total. The lowest BCUT2D eigenvalue weighted by molar-refractivity contribution is -0.119. The fourth-order valence-corrected chi connectivity index (χ4v) is 4.98. The van der Waals surface area contributed by atoms with Crippen LogP contribution in [0.15, 0.2) is 23.6 Å². The van der Waals surface area contributed by atoms with Crippen molar-refractivity contribution in [2.75, 3.05) is 30.5 Å². The normalized spacial score (nSPS) is 13.5. The van der Waals surface area contributed by atoms with Gasteiger partial charge in [0.25, 0.3) is 5.91 Å². The number of nitrogens with one attached hydrogen (secondary N) is 1. The van der Waals surface area contributed by atoms with E-state index in [1.165, 1.54) is 11.3 Å². The van der Waals surface area contributed by atoms with Gasteiger partial charge >= 0.3 is 0 Å². The molecule has 3 aromatic rings. The second-order valence-electron chi connectivity index (χ2n) is 8.46. The summed E-state index contributed by atoms with van der Waals surface area (Å²) in [5.41, 5.74) is 5.96. The van der Waals surface area contributed by atoms with Crippen LogP contribution in [0.2, 0.25) is 0 Å². The summed E-state index contributed by atoms with van der Waals surface area (Å²) in [6.45, 7) is 8.88. The molecular weight excluding hydrogens is 438 g/mol. The number of methoxy groups -OCH3 is 1. The van der Waals surface area contributed by atoms with E-state index in [0.717, 1.165) is 28.2 Å². The van der Waals surface area contributed by atoms with Crippen molar-refractivity contribution in [3.8, 4) is 11.3 Å². The molecule has 2 aromatic heterocycles. The highest BCUT2D eigenvalue weighted by Gasteiger charge is 2.25. The van der Waals surface area contributed by atoms with Crippen LogP contribution >= 0.6 is 11.3 Å². The van der Waals surface area contributed by atoms with Gasteiger partial charge in [-0.3, -0.25) is 19.6 Å². The largest absolute Gasteiger partial charge is 0.383 e. The predicted molar refractivity (Wildman–Crippen MR) is 130 cm³/mol. The summed E-state index contributed by atoms with van der Waals surface area (Å²) in [7, 11) is 1.63. The summed E-state index contributed by atoms with van der Waals surface area (Å²) in [4.78, 5) is 31.7. The molecule has 0 atom stereocenters. The summed E-state index contributed by atoms with van der Waals surface area (Å²) in [6.07, 6.45) is 1.19. The van der Waals surface area contributed by atoms with Gasteiger partial charge in [-0.1, -0.05) is 6.07 Å². The average Bonchev–Trinajstić information content (AvgIpc) is 3.36. The molecular formula is C24H29N5O3S. The zero-order valence-corrected chi connectivity index (χ0v) is 20.5. The highest BCUT2D eigenvalue weighted by atomic mass is 32.1. The molecule has 33 heavy (non-hydrogen) atoms. The van der Waals surface area contributed by atoms with E-state index in [2.05, 4.69) is 21.5 Å². The first-order chi connectivity index (χ1) is 15.8. The molecule has 0 aliphatic carbocycles. The van der Waals surface area contributed by atoms with Crippen LogP contribution in [0.1, 0.15) is 53.6 Å². The van der Waals surface area contributed by atoms with Crippen LogP contribution < -0.4 is 10.2 Å². The van der Waals surface area contributed by atoms with Crippen LogP contribution in [0, 0.1) is 13.8 Å². The number of carbonyl (C=O) groups excluding carboxylic acids is 2. The molecule has 0 bridgehead atoms. The highest BCUT2D eigenvalue weighted by molar-refractivity contribution is 7.14. The minimum Gasteiger partial charge on any atom is -0.383 e. The number of rotatable bonds is 7. The Balaban J connectivity index is 1.54. The minimum atomic E-state index is -0.199. The van der Waals surface area contributed by atoms with Crippen molar-refractivity contribution in [2.45, 2.75) is 46.6 Å². The van der Waals surface area contributed by atoms with Crippen molar-refractivity contribution in [2.24, 2.45) is 0 Å². The monoisotopic (exact) mass is 467 g/mol. The van der Waals surface area contributed by atoms with Crippen LogP contribution in [0.3, 0.4) is 0 Å². The molecule has 4 rings (SSSR count). The minimum absolute atomic E-state index is 0.123. The van der Waals surface area contributed by atoms with Crippen molar-refractivity contribution in [1.82, 2.24) is 14.8 Å². The predicted octanol–water partition coefficient (Wildman–Crippen LogP) is 4.38. The van der Waals surface area contributed by atoms with Crippen LogP contribution in [-0.4, -0.2) is 46.8 Å². The number of aromatic nitrogens is 3. The Kier molecular flexibility index (Phi) is 6.62. The molecule has 0 saturated carbocycles. The quantitative estimate of drug-likeness (QED) is 0.557. The third kappa shape index (κ3) is 4.56. The summed E-state index contributed by atoms with van der Waals surface area (Å²) >= 11 is 1.39. The van der Waals surface area contributed by atoms with Gasteiger partial charge in [-0.25, -0.2) is 4.98 Å². The molecule has 0 fully saturated rings. The Bertz CT molecular complexity index is 1200. The van der Waals surface area contributed by atoms with Gasteiger partial charge in [-0.2, -0.15) is 5.10 Å². The summed E-state index contributed by atoms with van der Waals surface area (Å²) < 4.78 is 7.02. The number of carbonyl (C=O) groups is 2. The first-order valence-corrected chi connectivity index (χ1v) is 11.9. The topological polar surface area (TPSA) is 89.4 Å². The first kappa shape index (κ1) is 23.1. The number of amides is 2. The summed E-state index contributed by atoms with van der Waals surface area (Å²) in [5, 5.41) is 9.91. The van der Waals surface area contributed by atoms with E-state index in [1.807, 2.05) is 49.9 Å². The van der Waals surface area contributed by atoms with Gasteiger partial charge in [-0.15, -0.1) is 11.3 Å². The van der Waals surface area contributed by atoms with Gasteiger partial charge in [0.05, 0.1) is 23.6 Å². The molecule has 0 unspecified atom stereocenters. The SMILES string of the molecule is COCCN1C(=O)CCc2cc(-c3csc(NC(=O)c4c(C)nn(C(C)C)c4C)n3)ccc21. The van der Waals surface area contributed by atoms with Crippen LogP contribution in [0.25, 0.3) is 11.3 Å². The summed E-state index contributed by atoms with van der Waals surface area (Å²) in [5.74, 6) is -0.0760. The van der Waals surface area contributed by atoms with Crippen LogP contribution in [0.5, 0.6) is 0 Å². The third-order valence-electron chi connectivity index (χ3n) is 5.86. The number of nitrogens with zero attached hydrogens (tertiary/aromatic N) is 4. The Morgan fingerprint density at radius 3 is 2.76 bits per heavy atom. The zero-order valence-electron chi connectivity index (χ0n) is 19.6. The smallest absolute Gasteiger partial charge is 0.261 e. The molecule has 0 spiro atoms. The molecule has 174 valence electrons. The lowest BCUT2D eigenvalue weighted by Gasteiger charge is -2.29. The number of benzene rings is 1. The number of hydrogen-bond acceptors (Lipinski definition) is 6. The Labute approximate surface area is 197 Å². The number of hydrogen-bond donors (Lipinski definition) is 1. The van der Waals surface area contributed by atoms with E-state index in [9.17, 15) is 9.59 Å². The lowest BCUT2D eigenvalue weighted by Crippen LogP contribution is -2.37.